The zero-order valence-electron chi connectivity index (χ0n) is 15.1. The van der Waals surface area contributed by atoms with Crippen LogP contribution in [0.25, 0.3) is 0 Å². The van der Waals surface area contributed by atoms with E-state index in [1.807, 2.05) is 0 Å². The highest BCUT2D eigenvalue weighted by atomic mass is 35.5. The second-order valence-corrected chi connectivity index (χ2v) is 8.16. The van der Waals surface area contributed by atoms with Crippen LogP contribution >= 0.6 is 11.6 Å². The zero-order chi connectivity index (χ0) is 20.2. The molecular weight excluding hydrogens is 395 g/mol. The van der Waals surface area contributed by atoms with Crippen LogP contribution in [0, 0.1) is 5.82 Å². The highest BCUT2D eigenvalue weighted by Gasteiger charge is 2.31. The first-order chi connectivity index (χ1) is 12.6. The molecule has 0 aliphatic carbocycles. The van der Waals surface area contributed by atoms with Gasteiger partial charge in [-0.2, -0.15) is 0 Å². The van der Waals surface area contributed by atoms with E-state index in [1.165, 1.54) is 38.3 Å². The van der Waals surface area contributed by atoms with Gasteiger partial charge in [-0.3, -0.25) is 9.10 Å². The normalized spacial score (nSPS) is 12.3. The van der Waals surface area contributed by atoms with Crippen LogP contribution in [0.4, 0.5) is 10.1 Å². The molecule has 27 heavy (non-hydrogen) atoms. The van der Waals surface area contributed by atoms with Crippen molar-refractivity contribution in [2.75, 3.05) is 17.7 Å². The number of benzene rings is 2. The van der Waals surface area contributed by atoms with Crippen LogP contribution in [0.15, 0.2) is 42.5 Å². The average molecular weight is 415 g/mol. The predicted molar refractivity (Wildman–Crippen MR) is 103 cm³/mol. The van der Waals surface area contributed by atoms with Crippen molar-refractivity contribution in [3.63, 3.8) is 0 Å². The SMILES string of the molecule is COc1ccc(Cl)cc1N(C(C)C(=O)NCc1ccccc1F)S(C)(=O)=O. The number of halogens is 2. The maximum atomic E-state index is 13.7. The molecular formula is C18H20ClFN2O4S. The number of nitrogens with zero attached hydrogens (tertiary/aromatic N) is 1. The van der Waals surface area contributed by atoms with Gasteiger partial charge in [0.15, 0.2) is 0 Å². The van der Waals surface area contributed by atoms with Gasteiger partial charge in [0.1, 0.15) is 17.6 Å². The monoisotopic (exact) mass is 414 g/mol. The van der Waals surface area contributed by atoms with Gasteiger partial charge in [0.25, 0.3) is 0 Å². The largest absolute Gasteiger partial charge is 0.495 e. The highest BCUT2D eigenvalue weighted by Crippen LogP contribution is 2.34. The summed E-state index contributed by atoms with van der Waals surface area (Å²) in [6.45, 7) is 1.36. The van der Waals surface area contributed by atoms with Crippen LogP contribution in [0.2, 0.25) is 5.02 Å². The molecule has 0 radical (unpaired) electrons. The van der Waals surface area contributed by atoms with Crippen molar-refractivity contribution in [3.05, 3.63) is 58.9 Å². The lowest BCUT2D eigenvalue weighted by atomic mass is 10.2. The number of sulfonamides is 1. The molecule has 0 saturated heterocycles. The lowest BCUT2D eigenvalue weighted by Gasteiger charge is -2.29. The predicted octanol–water partition coefficient (Wildman–Crippen LogP) is 2.96. The van der Waals surface area contributed by atoms with Gasteiger partial charge in [-0.05, 0) is 31.2 Å². The summed E-state index contributed by atoms with van der Waals surface area (Å²) >= 11 is 5.99. The van der Waals surface area contributed by atoms with E-state index in [0.717, 1.165) is 10.6 Å². The van der Waals surface area contributed by atoms with Crippen LogP contribution < -0.4 is 14.4 Å². The minimum absolute atomic E-state index is 0.0693. The molecule has 1 unspecified atom stereocenters. The third-order valence-electron chi connectivity index (χ3n) is 3.88. The van der Waals surface area contributed by atoms with E-state index >= 15 is 0 Å². The number of anilines is 1. The van der Waals surface area contributed by atoms with Gasteiger partial charge in [-0.1, -0.05) is 29.8 Å². The molecule has 0 heterocycles. The Bertz CT molecular complexity index is 937. The molecule has 146 valence electrons. The molecule has 1 N–H and O–H groups in total. The van der Waals surface area contributed by atoms with Crippen molar-refractivity contribution < 1.29 is 22.3 Å². The van der Waals surface area contributed by atoms with Crippen LogP contribution in [0.3, 0.4) is 0 Å². The fraction of sp³-hybridized carbons (Fsp3) is 0.278. The molecule has 0 bridgehead atoms. The lowest BCUT2D eigenvalue weighted by molar-refractivity contribution is -0.122. The number of carbonyl (C=O) groups is 1. The van der Waals surface area contributed by atoms with Crippen LogP contribution in [0.1, 0.15) is 12.5 Å². The second-order valence-electron chi connectivity index (χ2n) is 5.86. The quantitative estimate of drug-likeness (QED) is 0.755. The van der Waals surface area contributed by atoms with E-state index in [1.54, 1.807) is 18.2 Å². The molecule has 1 atom stereocenters. The minimum atomic E-state index is -3.84. The Morgan fingerprint density at radius 1 is 1.30 bits per heavy atom. The molecule has 2 aromatic rings. The minimum Gasteiger partial charge on any atom is -0.495 e. The molecule has 0 aliphatic heterocycles. The van der Waals surface area contributed by atoms with E-state index < -0.39 is 27.8 Å². The van der Waals surface area contributed by atoms with Crippen LogP contribution in [0.5, 0.6) is 5.75 Å². The topological polar surface area (TPSA) is 75.7 Å². The summed E-state index contributed by atoms with van der Waals surface area (Å²) in [5.74, 6) is -0.800. The Morgan fingerprint density at radius 2 is 1.96 bits per heavy atom. The van der Waals surface area contributed by atoms with Crippen LogP contribution in [-0.2, 0) is 21.4 Å². The Balaban J connectivity index is 2.30. The van der Waals surface area contributed by atoms with Gasteiger partial charge in [-0.15, -0.1) is 0 Å². The van der Waals surface area contributed by atoms with Gasteiger partial charge in [0.05, 0.1) is 19.1 Å². The Kier molecular flexibility index (Phi) is 6.67. The summed E-state index contributed by atoms with van der Waals surface area (Å²) in [5.41, 5.74) is 0.435. The van der Waals surface area contributed by atoms with Crippen molar-refractivity contribution in [3.8, 4) is 5.75 Å². The third-order valence-corrected chi connectivity index (χ3v) is 5.34. The molecule has 9 heteroatoms. The highest BCUT2D eigenvalue weighted by molar-refractivity contribution is 7.92. The van der Waals surface area contributed by atoms with Gasteiger partial charge in [0, 0.05) is 17.1 Å². The standard InChI is InChI=1S/C18H20ClFN2O4S/c1-12(18(23)21-11-13-6-4-5-7-15(13)20)22(27(3,24)25)16-10-14(19)8-9-17(16)26-2/h4-10,12H,11H2,1-3H3,(H,21,23). The molecule has 1 amide bonds. The molecule has 0 spiro atoms. The van der Waals surface area contributed by atoms with Gasteiger partial charge < -0.3 is 10.1 Å². The first kappa shape index (κ1) is 21.0. The molecule has 6 nitrogen and oxygen atoms in total. The average Bonchev–Trinajstić information content (AvgIpc) is 2.60. The number of hydrogen-bond donors (Lipinski definition) is 1. The van der Waals surface area contributed by atoms with E-state index in [2.05, 4.69) is 5.32 Å². The maximum absolute atomic E-state index is 13.7. The third kappa shape index (κ3) is 5.11. The summed E-state index contributed by atoms with van der Waals surface area (Å²) in [4.78, 5) is 12.6. The molecule has 0 fully saturated rings. The van der Waals surface area contributed by atoms with Gasteiger partial charge in [-0.25, -0.2) is 12.8 Å². The van der Waals surface area contributed by atoms with Crippen molar-refractivity contribution >= 4 is 33.2 Å². The second kappa shape index (κ2) is 8.58. The van der Waals surface area contributed by atoms with Crippen molar-refractivity contribution in [1.82, 2.24) is 5.32 Å². The van der Waals surface area contributed by atoms with Gasteiger partial charge in [0.2, 0.25) is 15.9 Å². The summed E-state index contributed by atoms with van der Waals surface area (Å²) < 4.78 is 44.6. The number of carbonyl (C=O) groups excluding carboxylic acids is 1. The number of methoxy groups -OCH3 is 1. The maximum Gasteiger partial charge on any atom is 0.243 e. The van der Waals surface area contributed by atoms with E-state index in [9.17, 15) is 17.6 Å². The van der Waals surface area contributed by atoms with E-state index in [4.69, 9.17) is 16.3 Å². The summed E-state index contributed by atoms with van der Waals surface area (Å²) in [7, 11) is -2.46. The molecule has 0 saturated carbocycles. The summed E-state index contributed by atoms with van der Waals surface area (Å²) in [6.07, 6.45) is 0.980. The molecule has 2 aromatic carbocycles. The first-order valence-corrected chi connectivity index (χ1v) is 10.2. The number of ether oxygens (including phenoxy) is 1. The smallest absolute Gasteiger partial charge is 0.243 e. The number of amides is 1. The zero-order valence-corrected chi connectivity index (χ0v) is 16.6. The number of hydrogen-bond acceptors (Lipinski definition) is 4. The fourth-order valence-corrected chi connectivity index (χ4v) is 3.92. The Morgan fingerprint density at radius 3 is 2.56 bits per heavy atom. The first-order valence-electron chi connectivity index (χ1n) is 7.99. The van der Waals surface area contributed by atoms with E-state index in [0.29, 0.717) is 10.6 Å². The Labute approximate surface area is 162 Å². The molecule has 2 rings (SSSR count). The van der Waals surface area contributed by atoms with Gasteiger partial charge >= 0.3 is 0 Å². The summed E-state index contributed by atoms with van der Waals surface area (Å²) in [6, 6.07) is 9.36. The van der Waals surface area contributed by atoms with Crippen LogP contribution in [-0.4, -0.2) is 33.7 Å². The summed E-state index contributed by atoms with van der Waals surface area (Å²) in [5, 5.41) is 2.85. The fourth-order valence-electron chi connectivity index (χ4n) is 2.59. The van der Waals surface area contributed by atoms with Crippen molar-refractivity contribution in [2.45, 2.75) is 19.5 Å². The lowest BCUT2D eigenvalue weighted by Crippen LogP contribution is -2.47. The van der Waals surface area contributed by atoms with Crippen molar-refractivity contribution in [2.24, 2.45) is 0 Å². The van der Waals surface area contributed by atoms with E-state index in [-0.39, 0.29) is 18.0 Å². The van der Waals surface area contributed by atoms with Crippen molar-refractivity contribution in [1.29, 1.82) is 0 Å². The number of nitrogens with one attached hydrogen (secondary N) is 1. The molecule has 0 aliphatic rings. The number of rotatable bonds is 7. The molecule has 0 aromatic heterocycles. The Hall–Kier alpha value is -2.32.